The van der Waals surface area contributed by atoms with Crippen LogP contribution in [0.1, 0.15) is 16.8 Å². The fourth-order valence-corrected chi connectivity index (χ4v) is 1.58. The van der Waals surface area contributed by atoms with E-state index in [0.717, 1.165) is 0 Å². The number of carbonyl (C=O) groups excluding carboxylic acids is 2. The van der Waals surface area contributed by atoms with Crippen molar-refractivity contribution < 1.29 is 23.8 Å². The fraction of sp³-hybridized carbons (Fsp3) is 0.429. The van der Waals surface area contributed by atoms with E-state index in [4.69, 9.17) is 15.2 Å². The molecule has 116 valence electrons. The van der Waals surface area contributed by atoms with Crippen molar-refractivity contribution in [2.75, 3.05) is 39.7 Å². The lowest BCUT2D eigenvalue weighted by molar-refractivity contribution is -0.123. The lowest BCUT2D eigenvalue weighted by Gasteiger charge is -2.11. The molecule has 0 aliphatic heterocycles. The van der Waals surface area contributed by atoms with Gasteiger partial charge in [0.25, 0.3) is 5.91 Å². The second kappa shape index (κ2) is 8.80. The van der Waals surface area contributed by atoms with Crippen LogP contribution >= 0.6 is 0 Å². The van der Waals surface area contributed by atoms with Gasteiger partial charge in [-0.3, -0.25) is 4.79 Å². The minimum absolute atomic E-state index is 0.208. The van der Waals surface area contributed by atoms with E-state index in [9.17, 15) is 9.59 Å². The first kappa shape index (κ1) is 16.8. The zero-order valence-electron chi connectivity index (χ0n) is 12.2. The molecule has 7 heteroatoms. The molecule has 0 saturated heterocycles. The van der Waals surface area contributed by atoms with Gasteiger partial charge in [0.1, 0.15) is 11.3 Å². The molecular formula is C14H20N2O5. The van der Waals surface area contributed by atoms with Gasteiger partial charge < -0.3 is 25.3 Å². The molecule has 1 amide bonds. The molecule has 0 atom stereocenters. The number of ether oxygens (including phenoxy) is 3. The Morgan fingerprint density at radius 1 is 1.29 bits per heavy atom. The topological polar surface area (TPSA) is 99.9 Å². The van der Waals surface area contributed by atoms with Gasteiger partial charge in [-0.1, -0.05) is 0 Å². The second-order valence-corrected chi connectivity index (χ2v) is 4.23. The number of carbonyl (C=O) groups is 2. The van der Waals surface area contributed by atoms with Gasteiger partial charge in [-0.25, -0.2) is 4.79 Å². The summed E-state index contributed by atoms with van der Waals surface area (Å²) in [7, 11) is 2.87. The van der Waals surface area contributed by atoms with Crippen molar-refractivity contribution in [1.82, 2.24) is 5.32 Å². The molecule has 21 heavy (non-hydrogen) atoms. The van der Waals surface area contributed by atoms with Crippen LogP contribution in [0.2, 0.25) is 0 Å². The first-order chi connectivity index (χ1) is 10.1. The number of hydrogen-bond acceptors (Lipinski definition) is 6. The molecule has 0 bridgehead atoms. The molecule has 0 aliphatic rings. The molecule has 0 saturated carbocycles. The zero-order valence-corrected chi connectivity index (χ0v) is 12.2. The normalized spacial score (nSPS) is 10.0. The monoisotopic (exact) mass is 296 g/mol. The molecule has 1 aromatic carbocycles. The molecule has 0 heterocycles. The van der Waals surface area contributed by atoms with Crippen molar-refractivity contribution in [3.8, 4) is 5.75 Å². The minimum Gasteiger partial charge on any atom is -0.483 e. The van der Waals surface area contributed by atoms with Crippen LogP contribution in [0.15, 0.2) is 18.2 Å². The lowest BCUT2D eigenvalue weighted by atomic mass is 10.2. The van der Waals surface area contributed by atoms with Crippen LogP contribution in [0.25, 0.3) is 0 Å². The molecule has 0 spiro atoms. The van der Waals surface area contributed by atoms with E-state index in [1.165, 1.54) is 19.2 Å². The van der Waals surface area contributed by atoms with Gasteiger partial charge >= 0.3 is 5.97 Å². The van der Waals surface area contributed by atoms with E-state index in [2.05, 4.69) is 10.1 Å². The van der Waals surface area contributed by atoms with Gasteiger partial charge in [0.15, 0.2) is 6.61 Å². The number of nitrogen functional groups attached to an aromatic ring is 1. The third kappa shape index (κ3) is 5.70. The summed E-state index contributed by atoms with van der Waals surface area (Å²) in [6.07, 6.45) is 0.716. The van der Waals surface area contributed by atoms with E-state index in [0.29, 0.717) is 25.3 Å². The van der Waals surface area contributed by atoms with Crippen LogP contribution in [0.4, 0.5) is 5.69 Å². The number of nitrogens with two attached hydrogens (primary N) is 1. The van der Waals surface area contributed by atoms with Gasteiger partial charge in [0.05, 0.1) is 7.11 Å². The largest absolute Gasteiger partial charge is 0.483 e. The highest BCUT2D eigenvalue weighted by molar-refractivity contribution is 5.93. The van der Waals surface area contributed by atoms with E-state index in [-0.39, 0.29) is 23.8 Å². The smallest absolute Gasteiger partial charge is 0.341 e. The quantitative estimate of drug-likeness (QED) is 0.414. The van der Waals surface area contributed by atoms with Crippen LogP contribution in [0, 0.1) is 0 Å². The third-order valence-corrected chi connectivity index (χ3v) is 2.62. The van der Waals surface area contributed by atoms with Gasteiger partial charge in [0.2, 0.25) is 0 Å². The summed E-state index contributed by atoms with van der Waals surface area (Å²) in [5.74, 6) is -0.622. The average molecular weight is 296 g/mol. The number of rotatable bonds is 8. The van der Waals surface area contributed by atoms with Crippen molar-refractivity contribution >= 4 is 17.6 Å². The number of nitrogens with one attached hydrogen (secondary N) is 1. The van der Waals surface area contributed by atoms with Gasteiger partial charge in [0, 0.05) is 32.0 Å². The van der Waals surface area contributed by atoms with Crippen molar-refractivity contribution in [1.29, 1.82) is 0 Å². The van der Waals surface area contributed by atoms with E-state index in [1.807, 2.05) is 0 Å². The predicted octanol–water partition coefficient (Wildman–Crippen LogP) is 0.587. The number of anilines is 1. The van der Waals surface area contributed by atoms with Crippen LogP contribution < -0.4 is 15.8 Å². The molecule has 0 aliphatic carbocycles. The first-order valence-corrected chi connectivity index (χ1v) is 6.44. The Balaban J connectivity index is 2.56. The van der Waals surface area contributed by atoms with Gasteiger partial charge in [-0.05, 0) is 18.6 Å². The maximum Gasteiger partial charge on any atom is 0.341 e. The Bertz CT molecular complexity index is 490. The predicted molar refractivity (Wildman–Crippen MR) is 77.2 cm³/mol. The van der Waals surface area contributed by atoms with Gasteiger partial charge in [-0.2, -0.15) is 0 Å². The molecule has 3 N–H and O–H groups in total. The number of esters is 1. The van der Waals surface area contributed by atoms with Crippen molar-refractivity contribution in [3.63, 3.8) is 0 Å². The summed E-state index contributed by atoms with van der Waals surface area (Å²) in [5.41, 5.74) is 6.29. The highest BCUT2D eigenvalue weighted by atomic mass is 16.5. The van der Waals surface area contributed by atoms with E-state index in [1.54, 1.807) is 13.2 Å². The second-order valence-electron chi connectivity index (χ2n) is 4.23. The summed E-state index contributed by atoms with van der Waals surface area (Å²) >= 11 is 0. The number of amides is 1. The van der Waals surface area contributed by atoms with E-state index < -0.39 is 5.97 Å². The maximum atomic E-state index is 11.6. The number of hydrogen-bond donors (Lipinski definition) is 2. The van der Waals surface area contributed by atoms with Crippen LogP contribution in [0.3, 0.4) is 0 Å². The minimum atomic E-state index is -0.550. The molecular weight excluding hydrogens is 276 g/mol. The fourth-order valence-electron chi connectivity index (χ4n) is 1.58. The highest BCUT2D eigenvalue weighted by Gasteiger charge is 2.14. The molecule has 0 fully saturated rings. The Morgan fingerprint density at radius 3 is 2.71 bits per heavy atom. The SMILES string of the molecule is COCCCNC(=O)COc1cc(N)ccc1C(=O)OC. The summed E-state index contributed by atoms with van der Waals surface area (Å²) < 4.78 is 14.8. The lowest BCUT2D eigenvalue weighted by Crippen LogP contribution is -2.30. The molecule has 1 rings (SSSR count). The summed E-state index contributed by atoms with van der Waals surface area (Å²) in [5, 5.41) is 2.67. The average Bonchev–Trinajstić information content (AvgIpc) is 2.49. The summed E-state index contributed by atoms with van der Waals surface area (Å²) in [4.78, 5) is 23.2. The van der Waals surface area contributed by atoms with E-state index >= 15 is 0 Å². The van der Waals surface area contributed by atoms with Crippen molar-refractivity contribution in [2.45, 2.75) is 6.42 Å². The number of methoxy groups -OCH3 is 2. The van der Waals surface area contributed by atoms with Crippen LogP contribution in [0.5, 0.6) is 5.75 Å². The third-order valence-electron chi connectivity index (χ3n) is 2.62. The molecule has 7 nitrogen and oxygen atoms in total. The van der Waals surface area contributed by atoms with Gasteiger partial charge in [-0.15, -0.1) is 0 Å². The Kier molecular flexibility index (Phi) is 7.03. The summed E-state index contributed by atoms with van der Waals surface area (Å²) in [6.45, 7) is 0.861. The van der Waals surface area contributed by atoms with Crippen LogP contribution in [-0.4, -0.2) is 45.9 Å². The van der Waals surface area contributed by atoms with Crippen molar-refractivity contribution in [3.05, 3.63) is 23.8 Å². The van der Waals surface area contributed by atoms with Crippen LogP contribution in [-0.2, 0) is 14.3 Å². The highest BCUT2D eigenvalue weighted by Crippen LogP contribution is 2.22. The summed E-state index contributed by atoms with van der Waals surface area (Å²) in [6, 6.07) is 4.53. The molecule has 0 unspecified atom stereocenters. The standard InChI is InChI=1S/C14H20N2O5/c1-19-7-3-6-16-13(17)9-21-12-8-10(15)4-5-11(12)14(18)20-2/h4-5,8H,3,6-7,9,15H2,1-2H3,(H,16,17). The number of benzene rings is 1. The zero-order chi connectivity index (χ0) is 15.7. The Morgan fingerprint density at radius 2 is 2.05 bits per heavy atom. The molecule has 1 aromatic rings. The van der Waals surface area contributed by atoms with Crippen molar-refractivity contribution in [2.24, 2.45) is 0 Å². The first-order valence-electron chi connectivity index (χ1n) is 6.44. The Hall–Kier alpha value is -2.28. The Labute approximate surface area is 123 Å². The molecule has 0 radical (unpaired) electrons. The maximum absolute atomic E-state index is 11.6. The molecule has 0 aromatic heterocycles.